The lowest BCUT2D eigenvalue weighted by atomic mass is 9.93. The molecule has 2 aliphatic rings. The third kappa shape index (κ3) is 5.99. The Morgan fingerprint density at radius 1 is 1.12 bits per heavy atom. The molecule has 0 aliphatic carbocycles. The van der Waals surface area contributed by atoms with Crippen molar-refractivity contribution in [1.29, 1.82) is 0 Å². The average molecular weight is 560 g/mol. The van der Waals surface area contributed by atoms with Gasteiger partial charge in [0.1, 0.15) is 0 Å². The summed E-state index contributed by atoms with van der Waals surface area (Å²) in [5.41, 5.74) is 5.22. The first kappa shape index (κ1) is 27.3. The molecular weight excluding hydrogens is 530 g/mol. The van der Waals surface area contributed by atoms with Crippen LogP contribution in [0.5, 0.6) is 0 Å². The molecule has 2 aromatic heterocycles. The minimum Gasteiger partial charge on any atom is -0.453 e. The highest BCUT2D eigenvalue weighted by Crippen LogP contribution is 2.37. The van der Waals surface area contributed by atoms with Gasteiger partial charge >= 0.3 is 6.09 Å². The van der Waals surface area contributed by atoms with Crippen molar-refractivity contribution < 1.29 is 19.1 Å². The fourth-order valence-electron chi connectivity index (χ4n) is 5.19. The zero-order valence-corrected chi connectivity index (χ0v) is 23.1. The summed E-state index contributed by atoms with van der Waals surface area (Å²) >= 11 is 6.13. The molecule has 40 heavy (non-hydrogen) atoms. The molecule has 2 unspecified atom stereocenters. The fourth-order valence-corrected chi connectivity index (χ4v) is 5.37. The van der Waals surface area contributed by atoms with Gasteiger partial charge in [-0.25, -0.2) is 4.79 Å². The van der Waals surface area contributed by atoms with E-state index in [0.717, 1.165) is 34.4 Å². The number of hydrogen-bond donors (Lipinski definition) is 2. The lowest BCUT2D eigenvalue weighted by Crippen LogP contribution is -2.38. The van der Waals surface area contributed by atoms with E-state index in [9.17, 15) is 14.4 Å². The summed E-state index contributed by atoms with van der Waals surface area (Å²) in [4.78, 5) is 49.1. The van der Waals surface area contributed by atoms with Crippen molar-refractivity contribution in [2.75, 3.05) is 24.3 Å². The number of aromatic nitrogens is 2. The van der Waals surface area contributed by atoms with Gasteiger partial charge in [-0.3, -0.25) is 24.9 Å². The molecule has 9 nitrogen and oxygen atoms in total. The molecule has 3 aromatic rings. The summed E-state index contributed by atoms with van der Waals surface area (Å²) in [5.74, 6) is -0.454. The quantitative estimate of drug-likeness (QED) is 0.401. The largest absolute Gasteiger partial charge is 0.453 e. The van der Waals surface area contributed by atoms with E-state index in [1.807, 2.05) is 36.1 Å². The molecule has 2 N–H and O–H groups in total. The minimum atomic E-state index is -0.600. The van der Waals surface area contributed by atoms with E-state index >= 15 is 0 Å². The zero-order chi connectivity index (χ0) is 28.2. The molecule has 0 spiro atoms. The number of nitrogens with one attached hydrogen (secondary N) is 2. The normalized spacial score (nSPS) is 19.4. The van der Waals surface area contributed by atoms with Gasteiger partial charge in [0.05, 0.1) is 29.6 Å². The van der Waals surface area contributed by atoms with Gasteiger partial charge in [-0.15, -0.1) is 0 Å². The second-order valence-electron chi connectivity index (χ2n) is 10.0. The molecule has 0 saturated heterocycles. The minimum absolute atomic E-state index is 0.0877. The first-order valence-electron chi connectivity index (χ1n) is 13.2. The van der Waals surface area contributed by atoms with E-state index in [4.69, 9.17) is 16.3 Å². The highest BCUT2D eigenvalue weighted by atomic mass is 35.5. The molecule has 3 amide bonds. The van der Waals surface area contributed by atoms with Crippen molar-refractivity contribution >= 4 is 46.5 Å². The topological polar surface area (TPSA) is 114 Å². The van der Waals surface area contributed by atoms with Crippen LogP contribution in [0, 0.1) is 5.92 Å². The number of ether oxygens (including phenoxy) is 1. The molecule has 0 radical (unpaired) electrons. The maximum atomic E-state index is 13.5. The number of carbonyl (C=O) groups excluding carboxylic acids is 3. The maximum Gasteiger partial charge on any atom is 0.411 e. The second-order valence-corrected chi connectivity index (χ2v) is 10.5. The third-order valence-electron chi connectivity index (χ3n) is 7.36. The van der Waals surface area contributed by atoms with E-state index in [1.54, 1.807) is 36.8 Å². The maximum absolute atomic E-state index is 13.5. The van der Waals surface area contributed by atoms with Crippen LogP contribution in [0.15, 0.2) is 61.1 Å². The smallest absolute Gasteiger partial charge is 0.411 e. The Labute approximate surface area is 237 Å². The van der Waals surface area contributed by atoms with Gasteiger partial charge < -0.3 is 15.0 Å². The molecule has 0 saturated carbocycles. The first-order chi connectivity index (χ1) is 19.3. The highest BCUT2D eigenvalue weighted by Gasteiger charge is 2.30. The molecule has 1 aromatic carbocycles. The number of carbonyl (C=O) groups is 3. The van der Waals surface area contributed by atoms with Crippen molar-refractivity contribution in [1.82, 2.24) is 14.9 Å². The van der Waals surface area contributed by atoms with E-state index in [0.29, 0.717) is 42.2 Å². The standard InChI is InChI=1S/C30H30ClN5O4/c1-18-4-3-5-27(36-11-9-19(14-28(36)37)21-12-22(31)17-32-16-21)26-13-20(8-10-33-26)24-7-6-23(34-30(39)40-2)15-25(24)35-29(18)38/h6-8,10,12-18,27H,3-5,9,11H2,1-2H3,(H,34,39)(H,35,38). The Morgan fingerprint density at radius 3 is 2.75 bits per heavy atom. The van der Waals surface area contributed by atoms with Gasteiger partial charge in [0, 0.05) is 48.4 Å². The van der Waals surface area contributed by atoms with Crippen molar-refractivity contribution in [2.45, 2.75) is 38.6 Å². The number of hydrogen-bond acceptors (Lipinski definition) is 6. The molecule has 5 rings (SSSR count). The van der Waals surface area contributed by atoms with E-state index < -0.39 is 6.09 Å². The molecule has 2 atom stereocenters. The summed E-state index contributed by atoms with van der Waals surface area (Å²) in [6.45, 7) is 2.42. The Bertz CT molecular complexity index is 1490. The Kier molecular flexibility index (Phi) is 8.11. The van der Waals surface area contributed by atoms with Crippen molar-refractivity contribution in [3.8, 4) is 11.1 Å². The van der Waals surface area contributed by atoms with E-state index in [1.165, 1.54) is 7.11 Å². The van der Waals surface area contributed by atoms with Gasteiger partial charge in [0.15, 0.2) is 0 Å². The number of fused-ring (bicyclic) bond motifs is 4. The SMILES string of the molecule is COC(=O)Nc1ccc2c(c1)NC(=O)C(C)CCCC(N1CCC(c3cncc(Cl)c3)=CC1=O)c1cc-2ccn1. The number of benzene rings is 1. The number of pyridine rings is 2. The molecule has 2 aliphatic heterocycles. The number of rotatable bonds is 3. The summed E-state index contributed by atoms with van der Waals surface area (Å²) in [6, 6.07) is 10.7. The fraction of sp³-hybridized carbons (Fsp3) is 0.300. The van der Waals surface area contributed by atoms with Gasteiger partial charge in [0.2, 0.25) is 11.8 Å². The number of amides is 3. The van der Waals surface area contributed by atoms with Crippen LogP contribution in [0.25, 0.3) is 16.7 Å². The van der Waals surface area contributed by atoms with Crippen LogP contribution >= 0.6 is 11.6 Å². The van der Waals surface area contributed by atoms with Gasteiger partial charge in [0.25, 0.3) is 0 Å². The zero-order valence-electron chi connectivity index (χ0n) is 22.3. The Balaban J connectivity index is 1.51. The lowest BCUT2D eigenvalue weighted by molar-refractivity contribution is -0.129. The Morgan fingerprint density at radius 2 is 1.98 bits per heavy atom. The highest BCUT2D eigenvalue weighted by molar-refractivity contribution is 6.30. The number of anilines is 2. The molecule has 0 fully saturated rings. The molecule has 10 heteroatoms. The van der Waals surface area contributed by atoms with Crippen LogP contribution < -0.4 is 10.6 Å². The summed E-state index contributed by atoms with van der Waals surface area (Å²) in [5, 5.41) is 6.21. The van der Waals surface area contributed by atoms with Crippen LogP contribution in [-0.2, 0) is 14.3 Å². The Hall–Kier alpha value is -4.24. The van der Waals surface area contributed by atoms with Crippen molar-refractivity contribution in [3.63, 3.8) is 0 Å². The van der Waals surface area contributed by atoms with Crippen molar-refractivity contribution in [3.05, 3.63) is 77.3 Å². The van der Waals surface area contributed by atoms with Crippen LogP contribution in [0.4, 0.5) is 16.2 Å². The number of halogens is 1. The summed E-state index contributed by atoms with van der Waals surface area (Å²) in [6.07, 6.45) is 8.81. The molecular formula is C30H30ClN5O4. The second kappa shape index (κ2) is 11.9. The number of methoxy groups -OCH3 is 1. The van der Waals surface area contributed by atoms with Gasteiger partial charge in [-0.2, -0.15) is 0 Å². The van der Waals surface area contributed by atoms with Gasteiger partial charge in [-0.1, -0.05) is 31.0 Å². The third-order valence-corrected chi connectivity index (χ3v) is 7.57. The van der Waals surface area contributed by atoms with E-state index in [2.05, 4.69) is 20.6 Å². The monoisotopic (exact) mass is 559 g/mol. The molecule has 4 heterocycles. The molecule has 206 valence electrons. The van der Waals surface area contributed by atoms with Crippen LogP contribution in [0.3, 0.4) is 0 Å². The number of nitrogens with zero attached hydrogens (tertiary/aromatic N) is 3. The average Bonchev–Trinajstić information content (AvgIpc) is 2.95. The van der Waals surface area contributed by atoms with Crippen LogP contribution in [-0.4, -0.2) is 46.4 Å². The first-order valence-corrected chi connectivity index (χ1v) is 13.6. The van der Waals surface area contributed by atoms with Crippen molar-refractivity contribution in [2.24, 2.45) is 5.92 Å². The summed E-state index contributed by atoms with van der Waals surface area (Å²) in [7, 11) is 1.29. The lowest BCUT2D eigenvalue weighted by Gasteiger charge is -2.34. The predicted octanol–water partition coefficient (Wildman–Crippen LogP) is 6.09. The van der Waals surface area contributed by atoms with E-state index in [-0.39, 0.29) is 23.8 Å². The van der Waals surface area contributed by atoms with Crippen LogP contribution in [0.2, 0.25) is 5.02 Å². The predicted molar refractivity (Wildman–Crippen MR) is 154 cm³/mol. The molecule has 2 bridgehead atoms. The van der Waals surface area contributed by atoms with Gasteiger partial charge in [-0.05, 0) is 66.3 Å². The summed E-state index contributed by atoms with van der Waals surface area (Å²) < 4.78 is 4.71. The van der Waals surface area contributed by atoms with Crippen LogP contribution in [0.1, 0.15) is 49.9 Å².